The van der Waals surface area contributed by atoms with Crippen molar-refractivity contribution in [3.63, 3.8) is 0 Å². The predicted molar refractivity (Wildman–Crippen MR) is 76.5 cm³/mol. The van der Waals surface area contributed by atoms with Crippen LogP contribution in [0.5, 0.6) is 0 Å². The van der Waals surface area contributed by atoms with E-state index in [1.165, 1.54) is 0 Å². The average molecular weight is 279 g/mol. The Morgan fingerprint density at radius 2 is 2.26 bits per heavy atom. The van der Waals surface area contributed by atoms with E-state index in [9.17, 15) is 9.59 Å². The highest BCUT2D eigenvalue weighted by molar-refractivity contribution is 8.01. The third kappa shape index (κ3) is 3.50. The Hall–Kier alpha value is -1.49. The Kier molecular flexibility index (Phi) is 4.14. The Labute approximate surface area is 116 Å². The van der Waals surface area contributed by atoms with Gasteiger partial charge in [0.2, 0.25) is 5.91 Å². The molecule has 1 saturated heterocycles. The van der Waals surface area contributed by atoms with Crippen LogP contribution in [0.25, 0.3) is 0 Å². The second-order valence-electron chi connectivity index (χ2n) is 4.91. The van der Waals surface area contributed by atoms with Crippen molar-refractivity contribution in [1.82, 2.24) is 0 Å². The number of nitrogens with one attached hydrogen (secondary N) is 1. The second-order valence-corrected chi connectivity index (χ2v) is 6.51. The lowest BCUT2D eigenvalue weighted by atomic mass is 10.0. The summed E-state index contributed by atoms with van der Waals surface area (Å²) in [5.41, 5.74) is 1.35. The number of amides is 1. The first-order chi connectivity index (χ1) is 8.99. The minimum atomic E-state index is -0.873. The summed E-state index contributed by atoms with van der Waals surface area (Å²) in [5.74, 6) is 0.146. The summed E-state index contributed by atoms with van der Waals surface area (Å²) in [6, 6.07) is 7.01. The minimum absolute atomic E-state index is 0.00229. The largest absolute Gasteiger partial charge is 0.481 e. The molecule has 0 bridgehead atoms. The molecular weight excluding hydrogens is 262 g/mol. The Morgan fingerprint density at radius 1 is 1.47 bits per heavy atom. The molecule has 1 amide bonds. The first kappa shape index (κ1) is 13.9. The van der Waals surface area contributed by atoms with Crippen LogP contribution in [0.4, 0.5) is 5.69 Å². The molecule has 0 aromatic heterocycles. The number of rotatable bonds is 4. The van der Waals surface area contributed by atoms with Gasteiger partial charge in [-0.25, -0.2) is 0 Å². The molecule has 4 nitrogen and oxygen atoms in total. The molecule has 1 aliphatic heterocycles. The van der Waals surface area contributed by atoms with Crippen molar-refractivity contribution in [2.75, 3.05) is 11.1 Å². The van der Waals surface area contributed by atoms with E-state index in [2.05, 4.69) is 5.32 Å². The van der Waals surface area contributed by atoms with Crippen molar-refractivity contribution in [3.8, 4) is 0 Å². The SMILES string of the molecule is CC1(C(=O)Nc2cccc(CC(=O)O)c2)CCCS1. The van der Waals surface area contributed by atoms with Crippen LogP contribution in [-0.2, 0) is 16.0 Å². The number of thioether (sulfide) groups is 1. The molecule has 1 fully saturated rings. The normalized spacial score (nSPS) is 22.2. The van der Waals surface area contributed by atoms with E-state index < -0.39 is 5.97 Å². The Morgan fingerprint density at radius 3 is 2.89 bits per heavy atom. The number of carbonyl (C=O) groups excluding carboxylic acids is 1. The zero-order chi connectivity index (χ0) is 13.9. The van der Waals surface area contributed by atoms with E-state index in [4.69, 9.17) is 5.11 Å². The van der Waals surface area contributed by atoms with Crippen LogP contribution in [0.3, 0.4) is 0 Å². The molecule has 1 aromatic rings. The summed E-state index contributed by atoms with van der Waals surface area (Å²) >= 11 is 1.68. The molecule has 102 valence electrons. The fraction of sp³-hybridized carbons (Fsp3) is 0.429. The van der Waals surface area contributed by atoms with E-state index in [-0.39, 0.29) is 17.1 Å². The van der Waals surface area contributed by atoms with Crippen molar-refractivity contribution in [2.24, 2.45) is 0 Å². The van der Waals surface area contributed by atoms with Crippen LogP contribution in [0.1, 0.15) is 25.3 Å². The van der Waals surface area contributed by atoms with E-state index in [1.54, 1.807) is 36.0 Å². The molecule has 1 heterocycles. The highest BCUT2D eigenvalue weighted by Gasteiger charge is 2.37. The molecule has 19 heavy (non-hydrogen) atoms. The molecule has 1 unspecified atom stereocenters. The first-order valence-electron chi connectivity index (χ1n) is 6.26. The average Bonchev–Trinajstić information content (AvgIpc) is 2.77. The van der Waals surface area contributed by atoms with Crippen molar-refractivity contribution >= 4 is 29.3 Å². The van der Waals surface area contributed by atoms with E-state index in [0.717, 1.165) is 18.6 Å². The van der Waals surface area contributed by atoms with Gasteiger partial charge in [-0.3, -0.25) is 9.59 Å². The Balaban J connectivity index is 2.06. The van der Waals surface area contributed by atoms with Gasteiger partial charge in [-0.2, -0.15) is 0 Å². The standard InChI is InChI=1S/C14H17NO3S/c1-14(6-3-7-19-14)13(18)15-11-5-2-4-10(8-11)9-12(16)17/h2,4-5,8H,3,6-7,9H2,1H3,(H,15,18)(H,16,17). The van der Waals surface area contributed by atoms with Crippen LogP contribution in [0.2, 0.25) is 0 Å². The van der Waals surface area contributed by atoms with Gasteiger partial charge in [0.05, 0.1) is 11.2 Å². The van der Waals surface area contributed by atoms with Gasteiger partial charge < -0.3 is 10.4 Å². The fourth-order valence-corrected chi connectivity index (χ4v) is 3.37. The molecule has 2 N–H and O–H groups in total. The second kappa shape index (κ2) is 5.65. The molecule has 0 aliphatic carbocycles. The maximum atomic E-state index is 12.2. The number of hydrogen-bond donors (Lipinski definition) is 2. The van der Waals surface area contributed by atoms with Crippen LogP contribution in [0.15, 0.2) is 24.3 Å². The van der Waals surface area contributed by atoms with Crippen molar-refractivity contribution in [3.05, 3.63) is 29.8 Å². The van der Waals surface area contributed by atoms with Crippen LogP contribution in [0, 0.1) is 0 Å². The number of carboxylic acids is 1. The van der Waals surface area contributed by atoms with Crippen molar-refractivity contribution in [1.29, 1.82) is 0 Å². The summed E-state index contributed by atoms with van der Waals surface area (Å²) in [6.45, 7) is 1.96. The number of carbonyl (C=O) groups is 2. The topological polar surface area (TPSA) is 66.4 Å². The summed E-state index contributed by atoms with van der Waals surface area (Å²) in [5, 5.41) is 11.6. The van der Waals surface area contributed by atoms with Gasteiger partial charge in [0.25, 0.3) is 0 Å². The molecule has 0 radical (unpaired) electrons. The number of aliphatic carboxylic acids is 1. The minimum Gasteiger partial charge on any atom is -0.481 e. The van der Waals surface area contributed by atoms with Gasteiger partial charge in [-0.1, -0.05) is 12.1 Å². The summed E-state index contributed by atoms with van der Waals surface area (Å²) in [7, 11) is 0. The fourth-order valence-electron chi connectivity index (χ4n) is 2.16. The third-order valence-corrected chi connectivity index (χ3v) is 4.76. The maximum Gasteiger partial charge on any atom is 0.307 e. The van der Waals surface area contributed by atoms with Crippen LogP contribution in [-0.4, -0.2) is 27.5 Å². The molecule has 1 aromatic carbocycles. The van der Waals surface area contributed by atoms with Gasteiger partial charge in [0.1, 0.15) is 0 Å². The van der Waals surface area contributed by atoms with Gasteiger partial charge in [-0.15, -0.1) is 11.8 Å². The summed E-state index contributed by atoms with van der Waals surface area (Å²) in [4.78, 5) is 22.9. The molecule has 0 saturated carbocycles. The van der Waals surface area contributed by atoms with Gasteiger partial charge in [0, 0.05) is 5.69 Å². The monoisotopic (exact) mass is 279 g/mol. The number of anilines is 1. The third-order valence-electron chi connectivity index (χ3n) is 3.24. The zero-order valence-corrected chi connectivity index (χ0v) is 11.6. The zero-order valence-electron chi connectivity index (χ0n) is 10.8. The highest BCUT2D eigenvalue weighted by atomic mass is 32.2. The summed E-state index contributed by atoms with van der Waals surface area (Å²) in [6.07, 6.45) is 1.92. The van der Waals surface area contributed by atoms with Crippen molar-refractivity contribution < 1.29 is 14.7 Å². The Bertz CT molecular complexity index is 495. The molecule has 1 aliphatic rings. The molecular formula is C14H17NO3S. The number of benzene rings is 1. The number of hydrogen-bond acceptors (Lipinski definition) is 3. The molecule has 2 rings (SSSR count). The van der Waals surface area contributed by atoms with E-state index in [1.807, 2.05) is 6.92 Å². The molecule has 1 atom stereocenters. The van der Waals surface area contributed by atoms with Crippen LogP contribution >= 0.6 is 11.8 Å². The first-order valence-corrected chi connectivity index (χ1v) is 7.24. The van der Waals surface area contributed by atoms with Gasteiger partial charge >= 0.3 is 5.97 Å². The molecule has 0 spiro atoms. The molecule has 5 heteroatoms. The maximum absolute atomic E-state index is 12.2. The predicted octanol–water partition coefficient (Wildman–Crippen LogP) is 2.54. The quantitative estimate of drug-likeness (QED) is 0.889. The smallest absolute Gasteiger partial charge is 0.307 e. The number of carboxylic acid groups (broad SMARTS) is 1. The summed E-state index contributed by atoms with van der Waals surface area (Å²) < 4.78 is -0.358. The van der Waals surface area contributed by atoms with Crippen molar-refractivity contribution in [2.45, 2.75) is 30.9 Å². The highest BCUT2D eigenvalue weighted by Crippen LogP contribution is 2.38. The lowest BCUT2D eigenvalue weighted by molar-refractivity contribution is -0.136. The van der Waals surface area contributed by atoms with E-state index >= 15 is 0 Å². The van der Waals surface area contributed by atoms with E-state index in [0.29, 0.717) is 11.3 Å². The van der Waals surface area contributed by atoms with Gasteiger partial charge in [0.15, 0.2) is 0 Å². The lowest BCUT2D eigenvalue weighted by Crippen LogP contribution is -2.34. The van der Waals surface area contributed by atoms with Crippen LogP contribution < -0.4 is 5.32 Å². The lowest BCUT2D eigenvalue weighted by Gasteiger charge is -2.21. The van der Waals surface area contributed by atoms with Gasteiger partial charge in [-0.05, 0) is 43.2 Å².